The molecular formula is C19H23N3O2. The first kappa shape index (κ1) is 16.2. The molecule has 0 atom stereocenters. The van der Waals surface area contributed by atoms with Crippen LogP contribution < -0.4 is 14.8 Å². The van der Waals surface area contributed by atoms with Crippen LogP contribution in [0.25, 0.3) is 10.9 Å². The van der Waals surface area contributed by atoms with Crippen molar-refractivity contribution in [3.8, 4) is 11.5 Å². The van der Waals surface area contributed by atoms with E-state index in [1.54, 1.807) is 7.11 Å². The second-order valence-corrected chi connectivity index (χ2v) is 5.72. The molecule has 0 saturated carbocycles. The number of ether oxygens (including phenoxy) is 2. The molecule has 24 heavy (non-hydrogen) atoms. The van der Waals surface area contributed by atoms with Crippen LogP contribution in [0.1, 0.15) is 23.6 Å². The summed E-state index contributed by atoms with van der Waals surface area (Å²) in [7, 11) is 3.57. The minimum Gasteiger partial charge on any atom is -0.496 e. The molecule has 0 aliphatic rings. The molecule has 0 amide bonds. The van der Waals surface area contributed by atoms with Gasteiger partial charge in [0.05, 0.1) is 12.6 Å². The van der Waals surface area contributed by atoms with E-state index in [0.717, 1.165) is 45.8 Å². The molecule has 1 heterocycles. The first-order chi connectivity index (χ1) is 11.7. The molecule has 1 aromatic heterocycles. The Labute approximate surface area is 142 Å². The van der Waals surface area contributed by atoms with Crippen LogP contribution in [0.3, 0.4) is 0 Å². The SMILES string of the molecule is CCc1cc(COc2ccc3c(NC)n[nH]c3c2C)ccc1OC. The number of nitrogens with one attached hydrogen (secondary N) is 2. The van der Waals surface area contributed by atoms with Crippen molar-refractivity contribution in [2.45, 2.75) is 26.9 Å². The predicted octanol–water partition coefficient (Wildman–Crippen LogP) is 4.06. The minimum atomic E-state index is 0.524. The lowest BCUT2D eigenvalue weighted by Crippen LogP contribution is -1.99. The quantitative estimate of drug-likeness (QED) is 0.717. The van der Waals surface area contributed by atoms with E-state index in [1.807, 2.05) is 38.2 Å². The van der Waals surface area contributed by atoms with Crippen molar-refractivity contribution < 1.29 is 9.47 Å². The molecule has 5 nitrogen and oxygen atoms in total. The average molecular weight is 325 g/mol. The number of fused-ring (bicyclic) bond motifs is 1. The summed E-state index contributed by atoms with van der Waals surface area (Å²) in [6, 6.07) is 10.2. The largest absolute Gasteiger partial charge is 0.496 e. The summed E-state index contributed by atoms with van der Waals surface area (Å²) in [4.78, 5) is 0. The third-order valence-electron chi connectivity index (χ3n) is 4.31. The van der Waals surface area contributed by atoms with E-state index in [1.165, 1.54) is 5.56 Å². The van der Waals surface area contributed by atoms with Gasteiger partial charge < -0.3 is 14.8 Å². The van der Waals surface area contributed by atoms with Crippen molar-refractivity contribution in [1.29, 1.82) is 0 Å². The summed E-state index contributed by atoms with van der Waals surface area (Å²) in [6.45, 7) is 4.69. The lowest BCUT2D eigenvalue weighted by molar-refractivity contribution is 0.304. The van der Waals surface area contributed by atoms with Crippen LogP contribution in [0.2, 0.25) is 0 Å². The van der Waals surface area contributed by atoms with Crippen LogP contribution in [0.4, 0.5) is 5.82 Å². The molecule has 0 aliphatic carbocycles. The van der Waals surface area contributed by atoms with Gasteiger partial charge >= 0.3 is 0 Å². The molecule has 0 spiro atoms. The van der Waals surface area contributed by atoms with E-state index < -0.39 is 0 Å². The molecule has 0 aliphatic heterocycles. The summed E-state index contributed by atoms with van der Waals surface area (Å²) >= 11 is 0. The molecule has 3 aromatic rings. The van der Waals surface area contributed by atoms with E-state index in [9.17, 15) is 0 Å². The second-order valence-electron chi connectivity index (χ2n) is 5.72. The van der Waals surface area contributed by atoms with Gasteiger partial charge in [0.2, 0.25) is 0 Å². The Balaban J connectivity index is 1.82. The zero-order valence-corrected chi connectivity index (χ0v) is 14.6. The lowest BCUT2D eigenvalue weighted by Gasteiger charge is -2.12. The summed E-state index contributed by atoms with van der Waals surface area (Å²) in [5, 5.41) is 11.5. The number of methoxy groups -OCH3 is 1. The standard InChI is InChI=1S/C19H23N3O2/c1-5-14-10-13(6-8-17(14)23-4)11-24-16-9-7-15-18(12(16)2)21-22-19(15)20-3/h6-10H,5,11H2,1-4H3,(H2,20,21,22). The second kappa shape index (κ2) is 6.83. The van der Waals surface area contributed by atoms with Gasteiger partial charge in [0.15, 0.2) is 5.82 Å². The van der Waals surface area contributed by atoms with Gasteiger partial charge in [-0.2, -0.15) is 5.10 Å². The average Bonchev–Trinajstić information content (AvgIpc) is 3.04. The summed E-state index contributed by atoms with van der Waals surface area (Å²) in [6.07, 6.45) is 0.933. The maximum atomic E-state index is 6.04. The molecule has 0 unspecified atom stereocenters. The van der Waals surface area contributed by atoms with Gasteiger partial charge in [-0.1, -0.05) is 13.0 Å². The number of aromatic amines is 1. The lowest BCUT2D eigenvalue weighted by atomic mass is 10.1. The predicted molar refractivity (Wildman–Crippen MR) is 97.1 cm³/mol. The molecule has 0 saturated heterocycles. The normalized spacial score (nSPS) is 10.8. The topological polar surface area (TPSA) is 59.2 Å². The number of rotatable bonds is 6. The van der Waals surface area contributed by atoms with Crippen molar-refractivity contribution in [2.75, 3.05) is 19.5 Å². The number of hydrogen-bond donors (Lipinski definition) is 2. The van der Waals surface area contributed by atoms with Crippen molar-refractivity contribution in [2.24, 2.45) is 0 Å². The van der Waals surface area contributed by atoms with Crippen LogP contribution in [0.5, 0.6) is 11.5 Å². The zero-order chi connectivity index (χ0) is 17.1. The summed E-state index contributed by atoms with van der Waals surface area (Å²) < 4.78 is 11.4. The van der Waals surface area contributed by atoms with Gasteiger partial charge in [-0.15, -0.1) is 0 Å². The molecule has 5 heteroatoms. The Morgan fingerprint density at radius 1 is 1.17 bits per heavy atom. The third-order valence-corrected chi connectivity index (χ3v) is 4.31. The highest BCUT2D eigenvalue weighted by Crippen LogP contribution is 2.30. The fourth-order valence-corrected chi connectivity index (χ4v) is 2.91. The van der Waals surface area contributed by atoms with Gasteiger partial charge in [0.1, 0.15) is 18.1 Å². The van der Waals surface area contributed by atoms with Crippen LogP contribution in [-0.4, -0.2) is 24.4 Å². The molecule has 0 bridgehead atoms. The number of anilines is 1. The van der Waals surface area contributed by atoms with Crippen molar-refractivity contribution in [3.63, 3.8) is 0 Å². The minimum absolute atomic E-state index is 0.524. The Bertz CT molecular complexity index is 855. The Morgan fingerprint density at radius 3 is 2.67 bits per heavy atom. The van der Waals surface area contributed by atoms with E-state index in [4.69, 9.17) is 9.47 Å². The van der Waals surface area contributed by atoms with Crippen LogP contribution >= 0.6 is 0 Å². The molecule has 0 fully saturated rings. The molecule has 3 rings (SSSR count). The Morgan fingerprint density at radius 2 is 1.96 bits per heavy atom. The highest BCUT2D eigenvalue weighted by molar-refractivity contribution is 5.93. The molecule has 126 valence electrons. The summed E-state index contributed by atoms with van der Waals surface area (Å²) in [5.74, 6) is 2.64. The smallest absolute Gasteiger partial charge is 0.155 e. The maximum Gasteiger partial charge on any atom is 0.155 e. The van der Waals surface area contributed by atoms with Gasteiger partial charge in [0.25, 0.3) is 0 Å². The van der Waals surface area contributed by atoms with Gasteiger partial charge in [-0.05, 0) is 48.7 Å². The third kappa shape index (κ3) is 2.89. The number of hydrogen-bond acceptors (Lipinski definition) is 4. The van der Waals surface area contributed by atoms with Gasteiger partial charge in [0, 0.05) is 18.0 Å². The molecule has 2 aromatic carbocycles. The molecule has 0 radical (unpaired) electrons. The first-order valence-corrected chi connectivity index (χ1v) is 8.12. The molecular weight excluding hydrogens is 302 g/mol. The number of aromatic nitrogens is 2. The van der Waals surface area contributed by atoms with Crippen LogP contribution in [-0.2, 0) is 13.0 Å². The van der Waals surface area contributed by atoms with Gasteiger partial charge in [-0.25, -0.2) is 0 Å². The number of nitrogens with zero attached hydrogens (tertiary/aromatic N) is 1. The van der Waals surface area contributed by atoms with Crippen LogP contribution in [0, 0.1) is 6.92 Å². The van der Waals surface area contributed by atoms with Gasteiger partial charge in [-0.3, -0.25) is 5.10 Å². The zero-order valence-electron chi connectivity index (χ0n) is 14.6. The maximum absolute atomic E-state index is 6.04. The Hall–Kier alpha value is -2.69. The van der Waals surface area contributed by atoms with Crippen molar-refractivity contribution in [1.82, 2.24) is 10.2 Å². The monoisotopic (exact) mass is 325 g/mol. The molecule has 2 N–H and O–H groups in total. The fourth-order valence-electron chi connectivity index (χ4n) is 2.91. The van der Waals surface area contributed by atoms with Crippen molar-refractivity contribution >= 4 is 16.7 Å². The van der Waals surface area contributed by atoms with Crippen LogP contribution in [0.15, 0.2) is 30.3 Å². The van der Waals surface area contributed by atoms with E-state index in [-0.39, 0.29) is 0 Å². The number of benzene rings is 2. The Kier molecular flexibility index (Phi) is 4.60. The first-order valence-electron chi connectivity index (χ1n) is 8.12. The van der Waals surface area contributed by atoms with Crippen molar-refractivity contribution in [3.05, 3.63) is 47.0 Å². The van der Waals surface area contributed by atoms with E-state index >= 15 is 0 Å². The van der Waals surface area contributed by atoms with E-state index in [0.29, 0.717) is 6.61 Å². The highest BCUT2D eigenvalue weighted by Gasteiger charge is 2.11. The highest BCUT2D eigenvalue weighted by atomic mass is 16.5. The fraction of sp³-hybridized carbons (Fsp3) is 0.316. The number of H-pyrrole nitrogens is 1. The summed E-state index contributed by atoms with van der Waals surface area (Å²) in [5.41, 5.74) is 4.39. The van der Waals surface area contributed by atoms with E-state index in [2.05, 4.69) is 28.5 Å². The number of aryl methyl sites for hydroxylation is 2.